The molecule has 0 saturated heterocycles. The molecule has 1 atom stereocenters. The summed E-state index contributed by atoms with van der Waals surface area (Å²) >= 11 is 9.98. The van der Waals surface area contributed by atoms with Gasteiger partial charge in [-0.2, -0.15) is 0 Å². The number of halogens is 3. The van der Waals surface area contributed by atoms with Crippen LogP contribution in [0.5, 0.6) is 0 Å². The van der Waals surface area contributed by atoms with Crippen LogP contribution in [0.3, 0.4) is 0 Å². The number of hydrogen-bond donors (Lipinski definition) is 0. The number of carbonyl (C=O) groups is 1. The van der Waals surface area contributed by atoms with Crippen LogP contribution in [0.2, 0.25) is 0 Å². The maximum atomic E-state index is 12.2. The molecule has 5 heteroatoms. The van der Waals surface area contributed by atoms with Gasteiger partial charge in [0.2, 0.25) is 6.17 Å². The summed E-state index contributed by atoms with van der Waals surface area (Å²) in [7, 11) is 1.06. The van der Waals surface area contributed by atoms with Crippen molar-refractivity contribution in [1.82, 2.24) is 0 Å². The Bertz CT molecular complexity index is 107. The predicted octanol–water partition coefficient (Wildman–Crippen LogP) is 1.30. The van der Waals surface area contributed by atoms with Gasteiger partial charge in [0.05, 0.1) is 7.11 Å². The van der Waals surface area contributed by atoms with E-state index in [0.717, 1.165) is 7.11 Å². The predicted molar refractivity (Wildman–Crippen MR) is 32.4 cm³/mol. The third-order valence-electron chi connectivity index (χ3n) is 0.648. The molecule has 0 aromatic carbocycles. The lowest BCUT2D eigenvalue weighted by atomic mass is 10.4. The molecule has 0 heterocycles. The molecule has 9 heavy (non-hydrogen) atoms. The molecule has 0 spiro atoms. The summed E-state index contributed by atoms with van der Waals surface area (Å²) in [6, 6.07) is 0. The highest BCUT2D eigenvalue weighted by molar-refractivity contribution is 6.45. The molecular weight excluding hydrogens is 170 g/mol. The van der Waals surface area contributed by atoms with E-state index in [1.807, 2.05) is 0 Å². The number of hydrogen-bond acceptors (Lipinski definition) is 2. The minimum Gasteiger partial charge on any atom is -0.467 e. The van der Waals surface area contributed by atoms with Gasteiger partial charge in [-0.3, -0.25) is 0 Å². The molecule has 0 rings (SSSR count). The highest BCUT2D eigenvalue weighted by atomic mass is 35.5. The molecule has 0 aromatic rings. The molecule has 0 bridgehead atoms. The average molecular weight is 175 g/mol. The second-order valence-electron chi connectivity index (χ2n) is 1.26. The van der Waals surface area contributed by atoms with Crippen LogP contribution in [-0.2, 0) is 9.53 Å². The van der Waals surface area contributed by atoms with Gasteiger partial charge in [0, 0.05) is 0 Å². The van der Waals surface area contributed by atoms with Crippen molar-refractivity contribution in [2.24, 2.45) is 0 Å². The maximum absolute atomic E-state index is 12.2. The SMILES string of the molecule is COC(=O)C(F)C(Cl)Cl. The summed E-state index contributed by atoms with van der Waals surface area (Å²) in [5.74, 6) is -1.05. The van der Waals surface area contributed by atoms with Crippen molar-refractivity contribution in [1.29, 1.82) is 0 Å². The van der Waals surface area contributed by atoms with Gasteiger partial charge in [0.15, 0.2) is 0 Å². The van der Waals surface area contributed by atoms with Crippen molar-refractivity contribution in [3.63, 3.8) is 0 Å². The highest BCUT2D eigenvalue weighted by Crippen LogP contribution is 2.12. The average Bonchev–Trinajstić information content (AvgIpc) is 1.84. The van der Waals surface area contributed by atoms with Crippen LogP contribution in [0.25, 0.3) is 0 Å². The Morgan fingerprint density at radius 1 is 1.67 bits per heavy atom. The molecule has 0 saturated carbocycles. The summed E-state index contributed by atoms with van der Waals surface area (Å²) in [6.45, 7) is 0. The van der Waals surface area contributed by atoms with Gasteiger partial charge in [-0.1, -0.05) is 0 Å². The molecule has 0 aliphatic heterocycles. The quantitative estimate of drug-likeness (QED) is 0.467. The third kappa shape index (κ3) is 2.87. The van der Waals surface area contributed by atoms with E-state index in [4.69, 9.17) is 23.2 Å². The van der Waals surface area contributed by atoms with Gasteiger partial charge < -0.3 is 4.74 Å². The minimum absolute atomic E-state index is 1.05. The fourth-order valence-electron chi connectivity index (χ4n) is 0.215. The van der Waals surface area contributed by atoms with Crippen molar-refractivity contribution in [2.75, 3.05) is 7.11 Å². The highest BCUT2D eigenvalue weighted by Gasteiger charge is 2.24. The third-order valence-corrected chi connectivity index (χ3v) is 1.09. The van der Waals surface area contributed by atoms with E-state index in [9.17, 15) is 9.18 Å². The fourth-order valence-corrected chi connectivity index (χ4v) is 0.421. The summed E-state index contributed by atoms with van der Waals surface area (Å²) in [6.07, 6.45) is -1.95. The molecular formula is C4H5Cl2FO2. The first kappa shape index (κ1) is 8.98. The molecule has 0 fully saturated rings. The second kappa shape index (κ2) is 3.90. The first-order valence-corrected chi connectivity index (χ1v) is 2.97. The van der Waals surface area contributed by atoms with E-state index in [1.165, 1.54) is 0 Å². The molecule has 2 nitrogen and oxygen atoms in total. The lowest BCUT2D eigenvalue weighted by molar-refractivity contribution is -0.145. The fraction of sp³-hybridized carbons (Fsp3) is 0.750. The second-order valence-corrected chi connectivity index (χ2v) is 2.42. The minimum atomic E-state index is -1.95. The van der Waals surface area contributed by atoms with Gasteiger partial charge in [-0.05, 0) is 0 Å². The Labute approximate surface area is 61.9 Å². The zero-order valence-electron chi connectivity index (χ0n) is 4.61. The van der Waals surface area contributed by atoms with Crippen LogP contribution in [0.4, 0.5) is 4.39 Å². The summed E-state index contributed by atoms with van der Waals surface area (Å²) in [5.41, 5.74) is 0. The maximum Gasteiger partial charge on any atom is 0.343 e. The molecule has 0 amide bonds. The first-order chi connectivity index (χ1) is 4.09. The zero-order chi connectivity index (χ0) is 7.44. The summed E-state index contributed by atoms with van der Waals surface area (Å²) in [4.78, 5) is 8.84. The first-order valence-electron chi connectivity index (χ1n) is 2.09. The Balaban J connectivity index is 3.72. The van der Waals surface area contributed by atoms with Gasteiger partial charge in [0.1, 0.15) is 4.84 Å². The lowest BCUT2D eigenvalue weighted by Crippen LogP contribution is -2.23. The standard InChI is InChI=1S/C4H5Cl2FO2/c1-9-4(8)2(7)3(5)6/h2-3H,1H3. The Hall–Kier alpha value is -0.0200. The number of methoxy groups -OCH3 is 1. The van der Waals surface area contributed by atoms with Crippen LogP contribution >= 0.6 is 23.2 Å². The van der Waals surface area contributed by atoms with E-state index in [2.05, 4.69) is 4.74 Å². The smallest absolute Gasteiger partial charge is 0.343 e. The van der Waals surface area contributed by atoms with Gasteiger partial charge in [-0.15, -0.1) is 23.2 Å². The van der Waals surface area contributed by atoms with E-state index in [1.54, 1.807) is 0 Å². The number of ether oxygens (including phenoxy) is 1. The topological polar surface area (TPSA) is 26.3 Å². The van der Waals surface area contributed by atoms with Crippen LogP contribution in [0, 0.1) is 0 Å². The van der Waals surface area contributed by atoms with Crippen LogP contribution < -0.4 is 0 Å². The van der Waals surface area contributed by atoms with Gasteiger partial charge >= 0.3 is 5.97 Å². The molecule has 0 aromatic heterocycles. The number of carbonyl (C=O) groups excluding carboxylic acids is 1. The number of alkyl halides is 3. The van der Waals surface area contributed by atoms with E-state index >= 15 is 0 Å². The Morgan fingerprint density at radius 2 is 2.11 bits per heavy atom. The summed E-state index contributed by atoms with van der Waals surface area (Å²) < 4.78 is 16.2. The molecule has 1 unspecified atom stereocenters. The molecule has 54 valence electrons. The van der Waals surface area contributed by atoms with Crippen molar-refractivity contribution >= 4 is 29.2 Å². The van der Waals surface area contributed by atoms with E-state index < -0.39 is 17.0 Å². The van der Waals surface area contributed by atoms with Crippen LogP contribution in [0.1, 0.15) is 0 Å². The summed E-state index contributed by atoms with van der Waals surface area (Å²) in [5, 5.41) is 0. The molecule has 0 aliphatic carbocycles. The van der Waals surface area contributed by atoms with E-state index in [-0.39, 0.29) is 0 Å². The molecule has 0 aliphatic rings. The lowest BCUT2D eigenvalue weighted by Gasteiger charge is -2.04. The largest absolute Gasteiger partial charge is 0.467 e. The van der Waals surface area contributed by atoms with Crippen molar-refractivity contribution < 1.29 is 13.9 Å². The molecule has 0 radical (unpaired) electrons. The Morgan fingerprint density at radius 3 is 2.22 bits per heavy atom. The Kier molecular flexibility index (Phi) is 3.89. The normalized spacial score (nSPS) is 13.4. The van der Waals surface area contributed by atoms with Crippen molar-refractivity contribution in [3.8, 4) is 0 Å². The van der Waals surface area contributed by atoms with Gasteiger partial charge in [-0.25, -0.2) is 9.18 Å². The number of esters is 1. The van der Waals surface area contributed by atoms with E-state index in [0.29, 0.717) is 0 Å². The molecule has 0 N–H and O–H groups in total. The van der Waals surface area contributed by atoms with Gasteiger partial charge in [0.25, 0.3) is 0 Å². The van der Waals surface area contributed by atoms with Crippen molar-refractivity contribution in [2.45, 2.75) is 11.0 Å². The number of rotatable bonds is 2. The van der Waals surface area contributed by atoms with Crippen molar-refractivity contribution in [3.05, 3.63) is 0 Å². The van der Waals surface area contributed by atoms with Crippen LogP contribution in [-0.4, -0.2) is 24.1 Å². The van der Waals surface area contributed by atoms with Crippen LogP contribution in [0.15, 0.2) is 0 Å². The monoisotopic (exact) mass is 174 g/mol. The zero-order valence-corrected chi connectivity index (χ0v) is 6.12.